The van der Waals surface area contributed by atoms with Gasteiger partial charge in [-0.1, -0.05) is 23.9 Å². The highest BCUT2D eigenvalue weighted by Crippen LogP contribution is 2.31. The standard InChI is InChI=1S/C22H19F3N4O2S/c23-22(24,25)15-5-1-6-16(10-15)27-19(30)13-32-20-17-7-2-8-18(17)29(21(31)28-20)12-14-4-3-9-26-11-14/h1,3-6,9-11H,2,7-8,12-13H2,(H,27,30). The molecule has 2 aromatic heterocycles. The number of carbonyl (C=O) groups excluding carboxylic acids is 1. The van der Waals surface area contributed by atoms with Crippen LogP contribution in [0.3, 0.4) is 0 Å². The second-order valence-corrected chi connectivity index (χ2v) is 8.31. The summed E-state index contributed by atoms with van der Waals surface area (Å²) in [7, 11) is 0. The minimum atomic E-state index is -4.49. The van der Waals surface area contributed by atoms with E-state index in [1.165, 1.54) is 12.1 Å². The maximum Gasteiger partial charge on any atom is 0.416 e. The summed E-state index contributed by atoms with van der Waals surface area (Å²) in [6.45, 7) is 0.378. The number of hydrogen-bond donors (Lipinski definition) is 1. The van der Waals surface area contributed by atoms with Crippen LogP contribution in [0.15, 0.2) is 58.6 Å². The number of nitrogens with one attached hydrogen (secondary N) is 1. The van der Waals surface area contributed by atoms with Crippen LogP contribution in [-0.2, 0) is 30.4 Å². The Hall–Kier alpha value is -3.14. The number of rotatable bonds is 6. The Morgan fingerprint density at radius 3 is 2.78 bits per heavy atom. The van der Waals surface area contributed by atoms with Crippen molar-refractivity contribution in [3.63, 3.8) is 0 Å². The van der Waals surface area contributed by atoms with Crippen LogP contribution in [-0.4, -0.2) is 26.2 Å². The summed E-state index contributed by atoms with van der Waals surface area (Å²) in [5.41, 5.74) is 1.59. The minimum Gasteiger partial charge on any atom is -0.325 e. The molecule has 4 rings (SSSR count). The van der Waals surface area contributed by atoms with Crippen molar-refractivity contribution in [3.8, 4) is 0 Å². The van der Waals surface area contributed by atoms with E-state index in [9.17, 15) is 22.8 Å². The summed E-state index contributed by atoms with van der Waals surface area (Å²) in [5, 5.41) is 2.98. The number of alkyl halides is 3. The third-order valence-electron chi connectivity index (χ3n) is 5.08. The van der Waals surface area contributed by atoms with Crippen molar-refractivity contribution in [2.75, 3.05) is 11.1 Å². The van der Waals surface area contributed by atoms with Crippen molar-refractivity contribution >= 4 is 23.4 Å². The lowest BCUT2D eigenvalue weighted by atomic mass is 10.2. The molecule has 6 nitrogen and oxygen atoms in total. The predicted molar refractivity (Wildman–Crippen MR) is 115 cm³/mol. The molecule has 0 aliphatic heterocycles. The van der Waals surface area contributed by atoms with Crippen molar-refractivity contribution in [3.05, 3.63) is 81.7 Å². The van der Waals surface area contributed by atoms with E-state index in [2.05, 4.69) is 15.3 Å². The molecule has 0 unspecified atom stereocenters. The molecule has 2 heterocycles. The first-order chi connectivity index (χ1) is 15.3. The van der Waals surface area contributed by atoms with E-state index < -0.39 is 23.3 Å². The molecule has 1 N–H and O–H groups in total. The van der Waals surface area contributed by atoms with Gasteiger partial charge in [-0.15, -0.1) is 0 Å². The van der Waals surface area contributed by atoms with Gasteiger partial charge in [0.2, 0.25) is 5.91 Å². The highest BCUT2D eigenvalue weighted by molar-refractivity contribution is 8.00. The van der Waals surface area contributed by atoms with E-state index in [1.54, 1.807) is 23.0 Å². The molecule has 166 valence electrons. The van der Waals surface area contributed by atoms with Crippen LogP contribution in [0.4, 0.5) is 18.9 Å². The molecule has 0 fully saturated rings. The smallest absolute Gasteiger partial charge is 0.325 e. The molecule has 0 radical (unpaired) electrons. The van der Waals surface area contributed by atoms with Crippen LogP contribution < -0.4 is 11.0 Å². The quantitative estimate of drug-likeness (QED) is 0.446. The van der Waals surface area contributed by atoms with Gasteiger partial charge < -0.3 is 5.32 Å². The number of carbonyl (C=O) groups is 1. The monoisotopic (exact) mass is 460 g/mol. The van der Waals surface area contributed by atoms with E-state index in [0.29, 0.717) is 11.6 Å². The second kappa shape index (κ2) is 9.15. The summed E-state index contributed by atoms with van der Waals surface area (Å²) in [6, 6.07) is 8.16. The zero-order chi connectivity index (χ0) is 22.7. The molecule has 3 aromatic rings. The predicted octanol–water partition coefficient (Wildman–Crippen LogP) is 3.92. The molecular weight excluding hydrogens is 441 g/mol. The number of halogens is 3. The lowest BCUT2D eigenvalue weighted by molar-refractivity contribution is -0.137. The minimum absolute atomic E-state index is 0.0653. The maximum absolute atomic E-state index is 12.8. The fraction of sp³-hybridized carbons (Fsp3) is 0.273. The summed E-state index contributed by atoms with van der Waals surface area (Å²) in [5.74, 6) is -0.538. The number of thioether (sulfide) groups is 1. The van der Waals surface area contributed by atoms with Gasteiger partial charge in [0, 0.05) is 29.3 Å². The van der Waals surface area contributed by atoms with Gasteiger partial charge in [-0.25, -0.2) is 4.79 Å². The Morgan fingerprint density at radius 2 is 2.03 bits per heavy atom. The average Bonchev–Trinajstić information content (AvgIpc) is 3.25. The summed E-state index contributed by atoms with van der Waals surface area (Å²) in [6.07, 6.45) is 1.27. The Balaban J connectivity index is 1.47. The largest absolute Gasteiger partial charge is 0.416 e. The molecule has 0 bridgehead atoms. The Kier molecular flexibility index (Phi) is 6.31. The number of fused-ring (bicyclic) bond motifs is 1. The van der Waals surface area contributed by atoms with Crippen molar-refractivity contribution in [2.45, 2.75) is 37.0 Å². The van der Waals surface area contributed by atoms with E-state index in [0.717, 1.165) is 60.0 Å². The van der Waals surface area contributed by atoms with Crippen LogP contribution in [0.2, 0.25) is 0 Å². The fourth-order valence-corrected chi connectivity index (χ4v) is 4.52. The molecule has 32 heavy (non-hydrogen) atoms. The van der Waals surface area contributed by atoms with Crippen molar-refractivity contribution in [2.24, 2.45) is 0 Å². The van der Waals surface area contributed by atoms with Crippen LogP contribution in [0.5, 0.6) is 0 Å². The number of benzene rings is 1. The molecule has 0 saturated heterocycles. The number of anilines is 1. The first-order valence-corrected chi connectivity index (χ1v) is 10.9. The van der Waals surface area contributed by atoms with Gasteiger partial charge in [0.25, 0.3) is 0 Å². The Morgan fingerprint density at radius 1 is 1.19 bits per heavy atom. The number of pyridine rings is 1. The van der Waals surface area contributed by atoms with Gasteiger partial charge in [-0.2, -0.15) is 18.2 Å². The van der Waals surface area contributed by atoms with Crippen LogP contribution in [0, 0.1) is 0 Å². The van der Waals surface area contributed by atoms with Gasteiger partial charge in [0.1, 0.15) is 5.03 Å². The van der Waals surface area contributed by atoms with Crippen LogP contribution in [0.25, 0.3) is 0 Å². The van der Waals surface area contributed by atoms with Crippen LogP contribution >= 0.6 is 11.8 Å². The van der Waals surface area contributed by atoms with E-state index in [-0.39, 0.29) is 11.4 Å². The Labute approximate surface area is 185 Å². The lowest BCUT2D eigenvalue weighted by Crippen LogP contribution is -2.28. The van der Waals surface area contributed by atoms with Gasteiger partial charge in [0.15, 0.2) is 0 Å². The third kappa shape index (κ3) is 5.01. The average molecular weight is 460 g/mol. The fourth-order valence-electron chi connectivity index (χ4n) is 3.65. The maximum atomic E-state index is 12.8. The lowest BCUT2D eigenvalue weighted by Gasteiger charge is -2.14. The first-order valence-electron chi connectivity index (χ1n) is 9.92. The zero-order valence-electron chi connectivity index (χ0n) is 16.9. The molecule has 10 heteroatoms. The number of hydrogen-bond acceptors (Lipinski definition) is 5. The van der Waals surface area contributed by atoms with Crippen molar-refractivity contribution in [1.82, 2.24) is 14.5 Å². The van der Waals surface area contributed by atoms with E-state index in [4.69, 9.17) is 0 Å². The second-order valence-electron chi connectivity index (χ2n) is 7.34. The van der Waals surface area contributed by atoms with E-state index in [1.807, 2.05) is 6.07 Å². The third-order valence-corrected chi connectivity index (χ3v) is 6.10. The molecule has 1 aliphatic rings. The molecule has 0 saturated carbocycles. The molecule has 1 aromatic carbocycles. The molecule has 1 aliphatic carbocycles. The summed E-state index contributed by atoms with van der Waals surface area (Å²) in [4.78, 5) is 33.3. The number of nitrogens with zero attached hydrogens (tertiary/aromatic N) is 3. The topological polar surface area (TPSA) is 76.9 Å². The summed E-state index contributed by atoms with van der Waals surface area (Å²) >= 11 is 1.12. The SMILES string of the molecule is O=C(CSc1nc(=O)n(Cc2cccnc2)c2c1CCC2)Nc1cccc(C(F)(F)F)c1. The van der Waals surface area contributed by atoms with Crippen molar-refractivity contribution < 1.29 is 18.0 Å². The van der Waals surface area contributed by atoms with Gasteiger partial charge in [-0.3, -0.25) is 14.3 Å². The normalized spacial score (nSPS) is 13.1. The Bertz CT molecular complexity index is 1200. The van der Waals surface area contributed by atoms with Crippen LogP contribution in [0.1, 0.15) is 28.8 Å². The van der Waals surface area contributed by atoms with E-state index >= 15 is 0 Å². The molecule has 0 atom stereocenters. The molecular formula is C22H19F3N4O2S. The van der Waals surface area contributed by atoms with Gasteiger partial charge in [-0.05, 0) is 49.1 Å². The molecule has 0 spiro atoms. The zero-order valence-corrected chi connectivity index (χ0v) is 17.7. The number of amides is 1. The van der Waals surface area contributed by atoms with Gasteiger partial charge in [0.05, 0.1) is 17.9 Å². The highest BCUT2D eigenvalue weighted by atomic mass is 32.2. The highest BCUT2D eigenvalue weighted by Gasteiger charge is 2.30. The number of aromatic nitrogens is 3. The van der Waals surface area contributed by atoms with Gasteiger partial charge >= 0.3 is 11.9 Å². The summed E-state index contributed by atoms with van der Waals surface area (Å²) < 4.78 is 40.2. The van der Waals surface area contributed by atoms with Crippen molar-refractivity contribution in [1.29, 1.82) is 0 Å². The molecule has 1 amide bonds. The first kappa shape index (κ1) is 22.1.